The minimum Gasteiger partial charge on any atom is -0.493 e. The number of ether oxygens (including phenoxy) is 2. The number of halogens is 1. The van der Waals surface area contributed by atoms with Crippen LogP contribution < -0.4 is 9.47 Å². The van der Waals surface area contributed by atoms with Crippen LogP contribution in [-0.4, -0.2) is 40.8 Å². The Morgan fingerprint density at radius 2 is 2.00 bits per heavy atom. The molecule has 6 nitrogen and oxygen atoms in total. The van der Waals surface area contributed by atoms with Crippen LogP contribution in [0.4, 0.5) is 0 Å². The zero-order valence-corrected chi connectivity index (χ0v) is 15.8. The molecule has 2 aromatic rings. The van der Waals surface area contributed by atoms with Gasteiger partial charge in [-0.3, -0.25) is 0 Å². The summed E-state index contributed by atoms with van der Waals surface area (Å²) in [6, 6.07) is 5.81. The van der Waals surface area contributed by atoms with Gasteiger partial charge in [-0.2, -0.15) is 5.10 Å². The second kappa shape index (κ2) is 7.83. The fourth-order valence-corrected chi connectivity index (χ4v) is 3.33. The number of thioether (sulfide) groups is 1. The Labute approximate surface area is 150 Å². The van der Waals surface area contributed by atoms with Crippen molar-refractivity contribution < 1.29 is 9.47 Å². The molecule has 8 heteroatoms. The van der Waals surface area contributed by atoms with E-state index < -0.39 is 0 Å². The third-order valence-electron chi connectivity index (χ3n) is 3.44. The summed E-state index contributed by atoms with van der Waals surface area (Å²) in [7, 11) is 3.26. The lowest BCUT2D eigenvalue weighted by atomic mass is 10.1. The first-order valence-corrected chi connectivity index (χ1v) is 8.13. The lowest BCUT2D eigenvalue weighted by molar-refractivity contribution is 0.355. The maximum absolute atomic E-state index is 5.35. The normalized spacial score (nSPS) is 12.9. The molecule has 0 bridgehead atoms. The molecular weight excluding hydrogens is 380 g/mol. The molecule has 0 N–H and O–H groups in total. The Morgan fingerprint density at radius 3 is 2.70 bits per heavy atom. The van der Waals surface area contributed by atoms with Gasteiger partial charge >= 0.3 is 0 Å². The Bertz CT molecular complexity index is 717. The van der Waals surface area contributed by atoms with Crippen LogP contribution in [0, 0.1) is 0 Å². The largest absolute Gasteiger partial charge is 0.493 e. The second-order valence-corrected chi connectivity index (χ2v) is 5.85. The minimum atomic E-state index is 0. The zero-order chi connectivity index (χ0) is 15.5. The van der Waals surface area contributed by atoms with E-state index in [-0.39, 0.29) is 17.0 Å². The molecule has 2 heterocycles. The van der Waals surface area contributed by atoms with E-state index in [9.17, 15) is 0 Å². The SMILES string of the molecule is Br.CCCc1nnn2c1SCC(c1ccc(OC)c(OC)c1)=N2. The van der Waals surface area contributed by atoms with Gasteiger partial charge in [-0.15, -0.1) is 26.9 Å². The van der Waals surface area contributed by atoms with Gasteiger partial charge in [0, 0.05) is 11.3 Å². The fourth-order valence-electron chi connectivity index (χ4n) is 2.33. The highest BCUT2D eigenvalue weighted by Gasteiger charge is 2.20. The predicted molar refractivity (Wildman–Crippen MR) is 96.5 cm³/mol. The van der Waals surface area contributed by atoms with Crippen molar-refractivity contribution in [2.45, 2.75) is 24.8 Å². The summed E-state index contributed by atoms with van der Waals surface area (Å²) in [6.45, 7) is 2.14. The first kappa shape index (κ1) is 17.8. The van der Waals surface area contributed by atoms with Gasteiger partial charge in [0.25, 0.3) is 0 Å². The molecule has 1 aliphatic heterocycles. The van der Waals surface area contributed by atoms with Crippen molar-refractivity contribution in [3.63, 3.8) is 0 Å². The molecule has 3 rings (SSSR count). The van der Waals surface area contributed by atoms with Crippen LogP contribution >= 0.6 is 28.7 Å². The average Bonchev–Trinajstić information content (AvgIpc) is 2.97. The number of hydrogen-bond acceptors (Lipinski definition) is 6. The summed E-state index contributed by atoms with van der Waals surface area (Å²) >= 11 is 1.72. The lowest BCUT2D eigenvalue weighted by Crippen LogP contribution is -2.14. The van der Waals surface area contributed by atoms with Crippen molar-refractivity contribution in [3.05, 3.63) is 29.5 Å². The van der Waals surface area contributed by atoms with Crippen molar-refractivity contribution >= 4 is 34.5 Å². The summed E-state index contributed by atoms with van der Waals surface area (Å²) < 4.78 is 10.6. The molecule has 1 aliphatic rings. The van der Waals surface area contributed by atoms with E-state index in [2.05, 4.69) is 22.3 Å². The molecule has 0 atom stereocenters. The van der Waals surface area contributed by atoms with E-state index >= 15 is 0 Å². The van der Waals surface area contributed by atoms with Gasteiger partial charge in [0.1, 0.15) is 5.03 Å². The molecule has 1 aromatic heterocycles. The number of benzene rings is 1. The molecule has 0 unspecified atom stereocenters. The van der Waals surface area contributed by atoms with Crippen molar-refractivity contribution in [1.82, 2.24) is 15.1 Å². The third kappa shape index (κ3) is 3.53. The Morgan fingerprint density at radius 1 is 1.22 bits per heavy atom. The van der Waals surface area contributed by atoms with Crippen molar-refractivity contribution in [2.75, 3.05) is 20.0 Å². The molecule has 0 fully saturated rings. The number of rotatable bonds is 5. The molecule has 124 valence electrons. The second-order valence-electron chi connectivity index (χ2n) is 4.89. The predicted octanol–water partition coefficient (Wildman–Crippen LogP) is 3.18. The zero-order valence-electron chi connectivity index (χ0n) is 13.3. The van der Waals surface area contributed by atoms with Crippen LogP contribution in [0.3, 0.4) is 0 Å². The van der Waals surface area contributed by atoms with Gasteiger partial charge in [-0.05, 0) is 29.8 Å². The van der Waals surface area contributed by atoms with Crippen LogP contribution in [0.5, 0.6) is 11.5 Å². The van der Waals surface area contributed by atoms with Crippen LogP contribution in [0.15, 0.2) is 28.3 Å². The van der Waals surface area contributed by atoms with E-state index in [0.29, 0.717) is 11.5 Å². The molecule has 0 aliphatic carbocycles. The van der Waals surface area contributed by atoms with E-state index in [1.54, 1.807) is 30.8 Å². The van der Waals surface area contributed by atoms with Crippen LogP contribution in [0.1, 0.15) is 24.6 Å². The summed E-state index contributed by atoms with van der Waals surface area (Å²) in [6.07, 6.45) is 1.99. The topological polar surface area (TPSA) is 61.5 Å². The molecule has 0 saturated carbocycles. The van der Waals surface area contributed by atoms with Gasteiger partial charge in [-0.1, -0.05) is 25.1 Å². The molecule has 0 spiro atoms. The van der Waals surface area contributed by atoms with Gasteiger partial charge in [0.05, 0.1) is 25.6 Å². The summed E-state index contributed by atoms with van der Waals surface area (Å²) in [4.78, 5) is 1.63. The van der Waals surface area contributed by atoms with Crippen molar-refractivity contribution in [2.24, 2.45) is 5.10 Å². The highest BCUT2D eigenvalue weighted by atomic mass is 79.9. The smallest absolute Gasteiger partial charge is 0.161 e. The highest BCUT2D eigenvalue weighted by Crippen LogP contribution is 2.31. The Hall–Kier alpha value is -1.54. The van der Waals surface area contributed by atoms with Gasteiger partial charge in [0.2, 0.25) is 0 Å². The van der Waals surface area contributed by atoms with E-state index in [1.807, 2.05) is 18.2 Å². The van der Waals surface area contributed by atoms with Crippen molar-refractivity contribution in [1.29, 1.82) is 0 Å². The van der Waals surface area contributed by atoms with Crippen LogP contribution in [-0.2, 0) is 6.42 Å². The Balaban J connectivity index is 0.00000192. The number of aromatic nitrogens is 3. The van der Waals surface area contributed by atoms with Crippen LogP contribution in [0.25, 0.3) is 0 Å². The highest BCUT2D eigenvalue weighted by molar-refractivity contribution is 8.93. The monoisotopic (exact) mass is 398 g/mol. The molecule has 23 heavy (non-hydrogen) atoms. The third-order valence-corrected chi connectivity index (χ3v) is 4.53. The van der Waals surface area contributed by atoms with E-state index in [4.69, 9.17) is 9.47 Å². The first-order chi connectivity index (χ1) is 10.8. The number of aryl methyl sites for hydroxylation is 1. The maximum Gasteiger partial charge on any atom is 0.161 e. The van der Waals surface area contributed by atoms with Crippen LogP contribution in [0.2, 0.25) is 0 Å². The number of fused-ring (bicyclic) bond motifs is 1. The van der Waals surface area contributed by atoms with E-state index in [0.717, 1.165) is 40.6 Å². The molecular formula is C15H19BrN4O2S. The molecule has 1 aromatic carbocycles. The molecule has 0 amide bonds. The van der Waals surface area contributed by atoms with Gasteiger partial charge in [-0.25, -0.2) is 0 Å². The quantitative estimate of drug-likeness (QED) is 0.773. The number of methoxy groups -OCH3 is 2. The average molecular weight is 399 g/mol. The first-order valence-electron chi connectivity index (χ1n) is 7.14. The number of nitrogens with zero attached hydrogens (tertiary/aromatic N) is 4. The summed E-state index contributed by atoms with van der Waals surface area (Å²) in [5.41, 5.74) is 2.98. The van der Waals surface area contributed by atoms with E-state index in [1.165, 1.54) is 0 Å². The molecule has 0 radical (unpaired) electrons. The van der Waals surface area contributed by atoms with Gasteiger partial charge in [0.15, 0.2) is 11.5 Å². The summed E-state index contributed by atoms with van der Waals surface area (Å²) in [5.74, 6) is 2.20. The van der Waals surface area contributed by atoms with Crippen molar-refractivity contribution in [3.8, 4) is 11.5 Å². The standard InChI is InChI=1S/C15H18N4O2S.BrH/c1-4-5-11-15-19(18-16-11)17-12(9-22-15)10-6-7-13(20-2)14(8-10)21-3;/h6-8H,4-5,9H2,1-3H3;1H. The minimum absolute atomic E-state index is 0. The number of hydrogen-bond donors (Lipinski definition) is 0. The molecule has 0 saturated heterocycles. The fraction of sp³-hybridized carbons (Fsp3) is 0.400. The van der Waals surface area contributed by atoms with Gasteiger partial charge < -0.3 is 9.47 Å². The summed E-state index contributed by atoms with van der Waals surface area (Å²) in [5, 5.41) is 14.0. The lowest BCUT2D eigenvalue weighted by Gasteiger charge is -2.15. The Kier molecular flexibility index (Phi) is 6.06. The maximum atomic E-state index is 5.35.